The summed E-state index contributed by atoms with van der Waals surface area (Å²) in [5.41, 5.74) is -0.879. The molecular formula is C15H17ClF4N4O2. The smallest absolute Gasteiger partial charge is 0.388 e. The average molecular weight is 397 g/mol. The zero-order valence-corrected chi connectivity index (χ0v) is 14.2. The molecular weight excluding hydrogens is 380 g/mol. The number of benzene rings is 1. The van der Waals surface area contributed by atoms with Gasteiger partial charge in [-0.15, -0.1) is 17.5 Å². The van der Waals surface area contributed by atoms with Gasteiger partial charge in [0.05, 0.1) is 5.56 Å². The molecule has 0 unspecified atom stereocenters. The molecule has 0 aliphatic carbocycles. The molecule has 26 heavy (non-hydrogen) atoms. The van der Waals surface area contributed by atoms with Crippen molar-refractivity contribution in [1.82, 2.24) is 15.5 Å². The van der Waals surface area contributed by atoms with Gasteiger partial charge < -0.3 is 15.1 Å². The Hall–Kier alpha value is -2.07. The van der Waals surface area contributed by atoms with Gasteiger partial charge in [-0.1, -0.05) is 0 Å². The lowest BCUT2D eigenvalue weighted by atomic mass is 9.96. The van der Waals surface area contributed by atoms with Crippen LogP contribution in [0.4, 0.5) is 23.2 Å². The molecule has 1 fully saturated rings. The molecule has 0 amide bonds. The molecule has 1 aliphatic rings. The van der Waals surface area contributed by atoms with Crippen LogP contribution in [0.2, 0.25) is 0 Å². The average Bonchev–Trinajstić information content (AvgIpc) is 2.99. The van der Waals surface area contributed by atoms with E-state index in [0.29, 0.717) is 13.0 Å². The van der Waals surface area contributed by atoms with Crippen LogP contribution in [0.15, 0.2) is 27.4 Å². The molecule has 144 valence electrons. The Labute approximate surface area is 151 Å². The number of alkyl halides is 4. The van der Waals surface area contributed by atoms with Crippen LogP contribution in [-0.4, -0.2) is 36.0 Å². The van der Waals surface area contributed by atoms with E-state index in [4.69, 9.17) is 4.42 Å². The number of piperidine rings is 1. The summed E-state index contributed by atoms with van der Waals surface area (Å²) < 4.78 is 58.2. The minimum atomic E-state index is -4.57. The minimum absolute atomic E-state index is 0. The highest BCUT2D eigenvalue weighted by Gasteiger charge is 2.34. The third kappa shape index (κ3) is 4.55. The van der Waals surface area contributed by atoms with E-state index in [1.54, 1.807) is 0 Å². The fourth-order valence-electron chi connectivity index (χ4n) is 2.77. The van der Waals surface area contributed by atoms with E-state index >= 15 is 0 Å². The summed E-state index contributed by atoms with van der Waals surface area (Å²) in [5.74, 6) is -1.30. The van der Waals surface area contributed by atoms with E-state index in [0.717, 1.165) is 12.1 Å². The van der Waals surface area contributed by atoms with Gasteiger partial charge in [0, 0.05) is 30.3 Å². The maximum absolute atomic E-state index is 13.8. The summed E-state index contributed by atoms with van der Waals surface area (Å²) in [4.78, 5) is 11.0. The number of nitrogens with one attached hydrogen (secondary N) is 3. The lowest BCUT2D eigenvalue weighted by Gasteiger charge is -2.27. The zero-order valence-electron chi connectivity index (χ0n) is 13.4. The second kappa shape index (κ2) is 8.09. The van der Waals surface area contributed by atoms with Gasteiger partial charge in [-0.05, 0) is 31.2 Å². The van der Waals surface area contributed by atoms with Crippen LogP contribution in [-0.2, 0) is 6.18 Å². The minimum Gasteiger partial charge on any atom is -0.388 e. The number of rotatable bonds is 4. The molecule has 1 aromatic carbocycles. The number of H-pyrrole nitrogens is 1. The van der Waals surface area contributed by atoms with Gasteiger partial charge in [-0.3, -0.25) is 0 Å². The molecule has 0 spiro atoms. The van der Waals surface area contributed by atoms with Gasteiger partial charge in [0.2, 0.25) is 5.89 Å². The maximum atomic E-state index is 13.8. The van der Waals surface area contributed by atoms with Crippen LogP contribution in [0.3, 0.4) is 0 Å². The van der Waals surface area contributed by atoms with Crippen molar-refractivity contribution in [2.75, 3.05) is 25.0 Å². The van der Waals surface area contributed by atoms with E-state index < -0.39 is 23.7 Å². The summed E-state index contributed by atoms with van der Waals surface area (Å²) >= 11 is 0. The standard InChI is InChI=1S/C15H16F4N4O2.ClH/c16-11-7-20-4-3-9(11)6-21-12-5-8(13-22-23-14(24)25-13)1-2-10(12)15(17,18)19;/h1-2,5,9,11,20-21H,3-4,6-7H2,(H,23,24);1H/t9-,11-;/m1./s1. The zero-order chi connectivity index (χ0) is 18.0. The van der Waals surface area contributed by atoms with Crippen molar-refractivity contribution in [2.45, 2.75) is 18.8 Å². The Balaban J connectivity index is 0.00000243. The second-order valence-corrected chi connectivity index (χ2v) is 5.83. The summed E-state index contributed by atoms with van der Waals surface area (Å²) in [6.07, 6.45) is -5.16. The number of aromatic amines is 1. The fraction of sp³-hybridized carbons (Fsp3) is 0.467. The van der Waals surface area contributed by atoms with Crippen molar-refractivity contribution in [3.8, 4) is 11.5 Å². The molecule has 3 N–H and O–H groups in total. The van der Waals surface area contributed by atoms with Crippen LogP contribution in [0.25, 0.3) is 11.5 Å². The molecule has 2 aromatic rings. The van der Waals surface area contributed by atoms with E-state index in [-0.39, 0.29) is 48.6 Å². The number of nitrogens with zero attached hydrogens (tertiary/aromatic N) is 1. The van der Waals surface area contributed by atoms with Crippen molar-refractivity contribution in [1.29, 1.82) is 0 Å². The molecule has 3 rings (SSSR count). The summed E-state index contributed by atoms with van der Waals surface area (Å²) in [6.45, 7) is 0.883. The summed E-state index contributed by atoms with van der Waals surface area (Å²) in [7, 11) is 0. The van der Waals surface area contributed by atoms with Gasteiger partial charge in [0.25, 0.3) is 0 Å². The van der Waals surface area contributed by atoms with Crippen molar-refractivity contribution in [3.63, 3.8) is 0 Å². The highest BCUT2D eigenvalue weighted by Crippen LogP contribution is 2.37. The molecule has 0 radical (unpaired) electrons. The Morgan fingerprint density at radius 1 is 1.35 bits per heavy atom. The Bertz CT molecular complexity index is 792. The molecule has 1 aliphatic heterocycles. The van der Waals surface area contributed by atoms with Crippen LogP contribution in [0.1, 0.15) is 12.0 Å². The summed E-state index contributed by atoms with van der Waals surface area (Å²) in [6, 6.07) is 3.23. The maximum Gasteiger partial charge on any atom is 0.434 e. The molecule has 1 saturated heterocycles. The van der Waals surface area contributed by atoms with Crippen LogP contribution < -0.4 is 16.4 Å². The molecule has 2 heterocycles. The predicted octanol–water partition coefficient (Wildman–Crippen LogP) is 2.83. The SMILES string of the molecule is Cl.O=c1[nH]nc(-c2ccc(C(F)(F)F)c(NC[C@H]3CCNC[C@H]3F)c2)o1. The molecule has 11 heteroatoms. The van der Waals surface area contributed by atoms with E-state index in [1.165, 1.54) is 6.07 Å². The third-order valence-corrected chi connectivity index (χ3v) is 4.11. The fourth-order valence-corrected chi connectivity index (χ4v) is 2.77. The molecule has 1 aromatic heterocycles. The first-order valence-corrected chi connectivity index (χ1v) is 7.70. The predicted molar refractivity (Wildman–Crippen MR) is 89.2 cm³/mol. The van der Waals surface area contributed by atoms with Crippen LogP contribution in [0, 0.1) is 5.92 Å². The molecule has 0 bridgehead atoms. The second-order valence-electron chi connectivity index (χ2n) is 5.83. The first kappa shape index (κ1) is 20.2. The number of halogens is 5. The van der Waals surface area contributed by atoms with Crippen molar-refractivity contribution < 1.29 is 22.0 Å². The Morgan fingerprint density at radius 3 is 2.73 bits per heavy atom. The van der Waals surface area contributed by atoms with Crippen molar-refractivity contribution >= 4 is 18.1 Å². The van der Waals surface area contributed by atoms with E-state index in [2.05, 4.69) is 15.7 Å². The quantitative estimate of drug-likeness (QED) is 0.692. The Morgan fingerprint density at radius 2 is 2.12 bits per heavy atom. The highest BCUT2D eigenvalue weighted by molar-refractivity contribution is 5.85. The molecule has 6 nitrogen and oxygen atoms in total. The monoisotopic (exact) mass is 396 g/mol. The molecule has 2 atom stereocenters. The first-order valence-electron chi connectivity index (χ1n) is 7.70. The number of anilines is 1. The number of hydrogen-bond acceptors (Lipinski definition) is 5. The topological polar surface area (TPSA) is 83.0 Å². The molecule has 0 saturated carbocycles. The third-order valence-electron chi connectivity index (χ3n) is 4.11. The van der Waals surface area contributed by atoms with E-state index in [9.17, 15) is 22.4 Å². The lowest BCUT2D eigenvalue weighted by Crippen LogP contribution is -2.41. The van der Waals surface area contributed by atoms with E-state index in [1.807, 2.05) is 5.10 Å². The van der Waals surface area contributed by atoms with Crippen molar-refractivity contribution in [3.05, 3.63) is 34.3 Å². The van der Waals surface area contributed by atoms with Gasteiger partial charge in [0.15, 0.2) is 0 Å². The van der Waals surface area contributed by atoms with Gasteiger partial charge in [0.1, 0.15) is 6.17 Å². The van der Waals surface area contributed by atoms with Crippen molar-refractivity contribution in [2.24, 2.45) is 5.92 Å². The lowest BCUT2D eigenvalue weighted by molar-refractivity contribution is -0.136. The number of aromatic nitrogens is 2. The largest absolute Gasteiger partial charge is 0.434 e. The Kier molecular flexibility index (Phi) is 6.30. The normalized spacial score (nSPS) is 20.5. The first-order chi connectivity index (χ1) is 11.8. The van der Waals surface area contributed by atoms with Crippen LogP contribution >= 0.6 is 12.4 Å². The van der Waals surface area contributed by atoms with Gasteiger partial charge in [-0.25, -0.2) is 14.3 Å². The van der Waals surface area contributed by atoms with Gasteiger partial charge >= 0.3 is 11.9 Å². The highest BCUT2D eigenvalue weighted by atomic mass is 35.5. The number of hydrogen-bond donors (Lipinski definition) is 3. The van der Waals surface area contributed by atoms with Crippen LogP contribution in [0.5, 0.6) is 0 Å². The van der Waals surface area contributed by atoms with Gasteiger partial charge in [-0.2, -0.15) is 13.2 Å². The summed E-state index contributed by atoms with van der Waals surface area (Å²) in [5, 5.41) is 11.2.